The van der Waals surface area contributed by atoms with Crippen LogP contribution in [-0.2, 0) is 0 Å². The van der Waals surface area contributed by atoms with Gasteiger partial charge in [0.25, 0.3) is 0 Å². The number of nitrogens with one attached hydrogen (secondary N) is 1. The molecule has 0 unspecified atom stereocenters. The van der Waals surface area contributed by atoms with E-state index in [-0.39, 0.29) is 0 Å². The van der Waals surface area contributed by atoms with Crippen LogP contribution in [0.4, 0.5) is 0 Å². The molecule has 0 radical (unpaired) electrons. The van der Waals surface area contributed by atoms with Gasteiger partial charge in [0.05, 0.1) is 17.7 Å². The van der Waals surface area contributed by atoms with E-state index in [0.29, 0.717) is 11.6 Å². The summed E-state index contributed by atoms with van der Waals surface area (Å²) in [7, 11) is 2.36. The molecule has 0 aromatic rings. The van der Waals surface area contributed by atoms with Gasteiger partial charge in [-0.05, 0) is 32.7 Å². The minimum atomic E-state index is 0.354. The minimum Gasteiger partial charge on any atom is -0.292 e. The summed E-state index contributed by atoms with van der Waals surface area (Å²) >= 11 is 0. The van der Waals surface area contributed by atoms with Gasteiger partial charge in [-0.15, -0.1) is 0 Å². The molecule has 2 heterocycles. The van der Waals surface area contributed by atoms with Crippen molar-refractivity contribution in [3.05, 3.63) is 17.6 Å². The van der Waals surface area contributed by atoms with Gasteiger partial charge in [-0.1, -0.05) is 45.4 Å². The Labute approximate surface area is 144 Å². The largest absolute Gasteiger partial charge is 0.292 e. The summed E-state index contributed by atoms with van der Waals surface area (Å²) < 4.78 is 0. The first-order valence-corrected chi connectivity index (χ1v) is 10.3. The molecule has 1 N–H and O–H groups in total. The summed E-state index contributed by atoms with van der Waals surface area (Å²) in [5.74, 6) is 0. The number of unbranched alkanes of at least 4 members (excludes halogenated alkanes) is 6. The number of likely N-dealkylation sites (N-methyl/N-ethyl adjacent to an activating group) is 1. The van der Waals surface area contributed by atoms with E-state index in [4.69, 9.17) is 0 Å². The second-order valence-corrected chi connectivity index (χ2v) is 8.05. The molecule has 3 aliphatic rings. The topological polar surface area (TPSA) is 15.3 Å². The maximum Gasteiger partial charge on any atom is 0.128 e. The van der Waals surface area contributed by atoms with Crippen molar-refractivity contribution in [2.24, 2.45) is 0 Å². The van der Waals surface area contributed by atoms with Crippen LogP contribution in [0, 0.1) is 6.42 Å². The Morgan fingerprint density at radius 3 is 2.78 bits per heavy atom. The highest BCUT2D eigenvalue weighted by atomic mass is 15.3. The van der Waals surface area contributed by atoms with E-state index in [2.05, 4.69) is 30.6 Å². The van der Waals surface area contributed by atoms with Crippen molar-refractivity contribution in [1.29, 1.82) is 0 Å². The van der Waals surface area contributed by atoms with Gasteiger partial charge in [-0.3, -0.25) is 10.2 Å². The average Bonchev–Trinajstić information content (AvgIpc) is 2.90. The lowest BCUT2D eigenvalue weighted by molar-refractivity contribution is 0.150. The lowest BCUT2D eigenvalue weighted by Gasteiger charge is -2.45. The molecule has 0 aromatic heterocycles. The van der Waals surface area contributed by atoms with E-state index < -0.39 is 0 Å². The van der Waals surface area contributed by atoms with E-state index in [1.165, 1.54) is 83.6 Å². The smallest absolute Gasteiger partial charge is 0.128 e. The van der Waals surface area contributed by atoms with Crippen molar-refractivity contribution in [2.75, 3.05) is 20.1 Å². The van der Waals surface area contributed by atoms with Gasteiger partial charge < -0.3 is 0 Å². The third-order valence-corrected chi connectivity index (χ3v) is 6.61. The van der Waals surface area contributed by atoms with Gasteiger partial charge in [-0.2, -0.15) is 0 Å². The number of likely N-dealkylation sites (tertiary alicyclic amines) is 1. The highest BCUT2D eigenvalue weighted by molar-refractivity contribution is 5.42. The standard InChI is InChI=1S/C21H37N2/c1-3-4-5-6-7-8-9-12-18-17-22-20-14-16-23(2)21(20)15-11-10-13-19(18)21/h13,20,22H,3-12,14-17H2,1-2H3/q+1/t20-,21-/m1/s1. The maximum absolute atomic E-state index is 3.90. The van der Waals surface area contributed by atoms with Gasteiger partial charge in [0, 0.05) is 31.8 Å². The van der Waals surface area contributed by atoms with Crippen molar-refractivity contribution in [2.45, 2.75) is 95.6 Å². The predicted molar refractivity (Wildman–Crippen MR) is 99.6 cm³/mol. The normalized spacial score (nSPS) is 31.0. The Hall–Kier alpha value is -0.470. The van der Waals surface area contributed by atoms with Crippen molar-refractivity contribution >= 4 is 0 Å². The monoisotopic (exact) mass is 317 g/mol. The molecule has 2 atom stereocenters. The van der Waals surface area contributed by atoms with Crippen LogP contribution in [0.5, 0.6) is 0 Å². The molecule has 2 aliphatic heterocycles. The molecule has 0 bridgehead atoms. The minimum absolute atomic E-state index is 0.354. The fourth-order valence-corrected chi connectivity index (χ4v) is 5.30. The van der Waals surface area contributed by atoms with Gasteiger partial charge in [0.2, 0.25) is 0 Å². The van der Waals surface area contributed by atoms with Gasteiger partial charge in [-0.25, -0.2) is 0 Å². The van der Waals surface area contributed by atoms with Crippen molar-refractivity contribution in [3.8, 4) is 0 Å². The third-order valence-electron chi connectivity index (χ3n) is 6.61. The highest BCUT2D eigenvalue weighted by Crippen LogP contribution is 2.47. The lowest BCUT2D eigenvalue weighted by Crippen LogP contribution is -2.60. The van der Waals surface area contributed by atoms with Crippen molar-refractivity contribution in [3.63, 3.8) is 0 Å². The van der Waals surface area contributed by atoms with Gasteiger partial charge in [0.15, 0.2) is 0 Å². The first kappa shape index (κ1) is 17.4. The predicted octanol–water partition coefficient (Wildman–Crippen LogP) is 4.86. The van der Waals surface area contributed by atoms with E-state index in [1.807, 2.05) is 0 Å². The molecule has 2 nitrogen and oxygen atoms in total. The van der Waals surface area contributed by atoms with E-state index in [1.54, 1.807) is 11.1 Å². The fraction of sp³-hybridized carbons (Fsp3) is 0.857. The first-order chi connectivity index (χ1) is 11.3. The molecule has 2 heteroatoms. The number of hydrogen-bond donors (Lipinski definition) is 1. The SMILES string of the molecule is CCCCCCCCCC1=C2[CH+]CCC[C@]23[C@@H](CCN3C)NC1. The third kappa shape index (κ3) is 3.49. The molecular formula is C21H37N2+. The van der Waals surface area contributed by atoms with E-state index in [9.17, 15) is 0 Å². The summed E-state index contributed by atoms with van der Waals surface area (Å²) in [6.45, 7) is 4.72. The summed E-state index contributed by atoms with van der Waals surface area (Å²) in [6, 6.07) is 0.705. The van der Waals surface area contributed by atoms with Crippen molar-refractivity contribution in [1.82, 2.24) is 10.2 Å². The Bertz CT molecular complexity index is 414. The first-order valence-electron chi connectivity index (χ1n) is 10.3. The van der Waals surface area contributed by atoms with Crippen LogP contribution in [0.15, 0.2) is 11.1 Å². The van der Waals surface area contributed by atoms with Crippen LogP contribution in [0.3, 0.4) is 0 Å². The fourth-order valence-electron chi connectivity index (χ4n) is 5.30. The van der Waals surface area contributed by atoms with Crippen LogP contribution in [0.2, 0.25) is 0 Å². The molecule has 1 saturated heterocycles. The van der Waals surface area contributed by atoms with E-state index in [0.717, 1.165) is 6.54 Å². The molecule has 1 aliphatic carbocycles. The summed E-state index contributed by atoms with van der Waals surface area (Å²) in [5.41, 5.74) is 3.84. The molecule has 23 heavy (non-hydrogen) atoms. The van der Waals surface area contributed by atoms with E-state index >= 15 is 0 Å². The lowest BCUT2D eigenvalue weighted by atomic mass is 9.68. The Morgan fingerprint density at radius 2 is 1.96 bits per heavy atom. The number of hydrogen-bond acceptors (Lipinski definition) is 2. The second kappa shape index (κ2) is 8.07. The second-order valence-electron chi connectivity index (χ2n) is 8.05. The van der Waals surface area contributed by atoms with Gasteiger partial charge in [0.1, 0.15) is 5.57 Å². The zero-order valence-electron chi connectivity index (χ0n) is 15.5. The van der Waals surface area contributed by atoms with Crippen LogP contribution in [0.1, 0.15) is 84.0 Å². The van der Waals surface area contributed by atoms with Crippen molar-refractivity contribution < 1.29 is 0 Å². The molecule has 130 valence electrons. The van der Waals surface area contributed by atoms with Crippen LogP contribution in [-0.4, -0.2) is 36.6 Å². The number of rotatable bonds is 8. The molecule has 0 aromatic carbocycles. The molecule has 2 fully saturated rings. The Morgan fingerprint density at radius 1 is 1.17 bits per heavy atom. The van der Waals surface area contributed by atoms with Crippen LogP contribution >= 0.6 is 0 Å². The molecule has 1 spiro atoms. The highest BCUT2D eigenvalue weighted by Gasteiger charge is 2.57. The average molecular weight is 318 g/mol. The summed E-state index contributed by atoms with van der Waals surface area (Å²) in [6.07, 6.45) is 19.2. The summed E-state index contributed by atoms with van der Waals surface area (Å²) in [5, 5.41) is 3.90. The Kier molecular flexibility index (Phi) is 6.09. The van der Waals surface area contributed by atoms with Crippen LogP contribution < -0.4 is 5.32 Å². The summed E-state index contributed by atoms with van der Waals surface area (Å²) in [4.78, 5) is 2.67. The maximum atomic E-state index is 3.90. The zero-order chi connectivity index (χ0) is 16.1. The molecular weight excluding hydrogens is 280 g/mol. The molecule has 3 rings (SSSR count). The number of nitrogens with zero attached hydrogens (tertiary/aromatic N) is 1. The molecule has 0 amide bonds. The quantitative estimate of drug-likeness (QED) is 0.508. The zero-order valence-corrected chi connectivity index (χ0v) is 15.5. The van der Waals surface area contributed by atoms with Gasteiger partial charge >= 0.3 is 0 Å². The Balaban J connectivity index is 1.57. The molecule has 1 saturated carbocycles. The van der Waals surface area contributed by atoms with Crippen LogP contribution in [0.25, 0.3) is 0 Å².